The maximum atomic E-state index is 13.4. The summed E-state index contributed by atoms with van der Waals surface area (Å²) in [4.78, 5) is 11.0. The fourth-order valence-electron chi connectivity index (χ4n) is 1.64. The summed E-state index contributed by atoms with van der Waals surface area (Å²) in [6.45, 7) is 3.54. The van der Waals surface area contributed by atoms with Gasteiger partial charge >= 0.3 is 5.97 Å². The molecule has 17 heavy (non-hydrogen) atoms. The Hall–Kier alpha value is -1.52. The SMILES string of the molecule is CC(C)CC(C(=O)O)c1ccc(F)c(F)c1F. The fraction of sp³-hybridized carbons (Fsp3) is 0.417. The lowest BCUT2D eigenvalue weighted by atomic mass is 9.90. The third-order valence-corrected chi connectivity index (χ3v) is 2.45. The van der Waals surface area contributed by atoms with Gasteiger partial charge in [-0.3, -0.25) is 4.79 Å². The number of hydrogen-bond acceptors (Lipinski definition) is 1. The van der Waals surface area contributed by atoms with Gasteiger partial charge in [0.05, 0.1) is 5.92 Å². The van der Waals surface area contributed by atoms with Crippen LogP contribution in [0, 0.1) is 23.4 Å². The van der Waals surface area contributed by atoms with E-state index in [1.54, 1.807) is 13.8 Å². The molecule has 2 nitrogen and oxygen atoms in total. The van der Waals surface area contributed by atoms with E-state index in [1.165, 1.54) is 0 Å². The normalized spacial score (nSPS) is 12.8. The van der Waals surface area contributed by atoms with Crippen molar-refractivity contribution in [2.75, 3.05) is 0 Å². The summed E-state index contributed by atoms with van der Waals surface area (Å²) in [5, 5.41) is 8.98. The molecular weight excluding hydrogens is 233 g/mol. The number of halogens is 3. The van der Waals surface area contributed by atoms with E-state index in [0.717, 1.165) is 12.1 Å². The Labute approximate surface area is 97.1 Å². The Kier molecular flexibility index (Phi) is 4.15. The van der Waals surface area contributed by atoms with E-state index in [-0.39, 0.29) is 17.9 Å². The summed E-state index contributed by atoms with van der Waals surface area (Å²) in [6.07, 6.45) is 0.164. The highest BCUT2D eigenvalue weighted by Crippen LogP contribution is 2.28. The zero-order chi connectivity index (χ0) is 13.2. The summed E-state index contributed by atoms with van der Waals surface area (Å²) in [6, 6.07) is 1.72. The summed E-state index contributed by atoms with van der Waals surface area (Å²) >= 11 is 0. The molecule has 0 fully saturated rings. The summed E-state index contributed by atoms with van der Waals surface area (Å²) in [5.74, 6) is -6.77. The molecule has 0 heterocycles. The van der Waals surface area contributed by atoms with Crippen molar-refractivity contribution in [2.24, 2.45) is 5.92 Å². The highest BCUT2D eigenvalue weighted by Gasteiger charge is 2.26. The minimum Gasteiger partial charge on any atom is -0.481 e. The van der Waals surface area contributed by atoms with E-state index in [4.69, 9.17) is 5.11 Å². The highest BCUT2D eigenvalue weighted by atomic mass is 19.2. The minimum atomic E-state index is -1.63. The van der Waals surface area contributed by atoms with E-state index in [9.17, 15) is 18.0 Å². The molecule has 0 aliphatic carbocycles. The molecule has 0 aliphatic heterocycles. The lowest BCUT2D eigenvalue weighted by Crippen LogP contribution is -2.16. The molecule has 1 aromatic carbocycles. The van der Waals surface area contributed by atoms with Gasteiger partial charge in [-0.1, -0.05) is 19.9 Å². The first-order chi connectivity index (χ1) is 7.84. The van der Waals surface area contributed by atoms with Gasteiger partial charge in [0.2, 0.25) is 0 Å². The van der Waals surface area contributed by atoms with Gasteiger partial charge in [0, 0.05) is 5.56 Å². The molecule has 0 aliphatic rings. The van der Waals surface area contributed by atoms with Crippen LogP contribution in [0.4, 0.5) is 13.2 Å². The molecule has 0 aromatic heterocycles. The van der Waals surface area contributed by atoms with Crippen LogP contribution in [0.1, 0.15) is 31.7 Å². The summed E-state index contributed by atoms with van der Waals surface area (Å²) < 4.78 is 39.2. The topological polar surface area (TPSA) is 37.3 Å². The number of hydrogen-bond donors (Lipinski definition) is 1. The predicted molar refractivity (Wildman–Crippen MR) is 56.1 cm³/mol. The molecule has 5 heteroatoms. The number of carbonyl (C=O) groups is 1. The largest absolute Gasteiger partial charge is 0.481 e. The first kappa shape index (κ1) is 13.5. The van der Waals surface area contributed by atoms with Crippen LogP contribution >= 0.6 is 0 Å². The van der Waals surface area contributed by atoms with Gasteiger partial charge in [-0.15, -0.1) is 0 Å². The predicted octanol–water partition coefficient (Wildman–Crippen LogP) is 3.32. The monoisotopic (exact) mass is 246 g/mol. The molecule has 1 aromatic rings. The van der Waals surface area contributed by atoms with Crippen molar-refractivity contribution in [3.05, 3.63) is 35.1 Å². The number of carboxylic acids is 1. The van der Waals surface area contributed by atoms with Crippen LogP contribution < -0.4 is 0 Å². The minimum absolute atomic E-state index is 0.00335. The van der Waals surface area contributed by atoms with Gasteiger partial charge in [-0.05, 0) is 18.4 Å². The van der Waals surface area contributed by atoms with E-state index < -0.39 is 29.3 Å². The van der Waals surface area contributed by atoms with Crippen LogP contribution in [0.15, 0.2) is 12.1 Å². The number of rotatable bonds is 4. The standard InChI is InChI=1S/C12H13F3O2/c1-6(2)5-8(12(16)17)7-3-4-9(13)11(15)10(7)14/h3-4,6,8H,5H2,1-2H3,(H,16,17). The Morgan fingerprint density at radius 3 is 2.29 bits per heavy atom. The van der Waals surface area contributed by atoms with Crippen LogP contribution in [0.3, 0.4) is 0 Å². The molecule has 94 valence electrons. The van der Waals surface area contributed by atoms with E-state index in [1.807, 2.05) is 0 Å². The average molecular weight is 246 g/mol. The zero-order valence-electron chi connectivity index (χ0n) is 9.51. The average Bonchev–Trinajstić information content (AvgIpc) is 2.23. The molecule has 1 atom stereocenters. The second kappa shape index (κ2) is 5.21. The molecule has 0 spiro atoms. The number of carboxylic acid groups (broad SMARTS) is 1. The van der Waals surface area contributed by atoms with E-state index in [2.05, 4.69) is 0 Å². The zero-order valence-corrected chi connectivity index (χ0v) is 9.51. The molecule has 0 amide bonds. The van der Waals surface area contributed by atoms with Gasteiger partial charge < -0.3 is 5.11 Å². The van der Waals surface area contributed by atoms with Gasteiger partial charge in [-0.2, -0.15) is 0 Å². The molecule has 0 saturated heterocycles. The molecule has 1 N–H and O–H groups in total. The Morgan fingerprint density at radius 1 is 1.24 bits per heavy atom. The van der Waals surface area contributed by atoms with Crippen LogP contribution in [0.2, 0.25) is 0 Å². The molecular formula is C12H13F3O2. The quantitative estimate of drug-likeness (QED) is 0.827. The van der Waals surface area contributed by atoms with Gasteiger partial charge in [-0.25, -0.2) is 13.2 Å². The maximum absolute atomic E-state index is 13.4. The van der Waals surface area contributed by atoms with Crippen LogP contribution in [0.5, 0.6) is 0 Å². The van der Waals surface area contributed by atoms with Crippen molar-refractivity contribution in [3.63, 3.8) is 0 Å². The first-order valence-electron chi connectivity index (χ1n) is 5.20. The second-order valence-electron chi connectivity index (χ2n) is 4.28. The molecule has 1 unspecified atom stereocenters. The number of benzene rings is 1. The van der Waals surface area contributed by atoms with Gasteiger partial charge in [0.25, 0.3) is 0 Å². The Balaban J connectivity index is 3.19. The van der Waals surface area contributed by atoms with Crippen molar-refractivity contribution >= 4 is 5.97 Å². The highest BCUT2D eigenvalue weighted by molar-refractivity contribution is 5.76. The lowest BCUT2D eigenvalue weighted by Gasteiger charge is -2.16. The lowest BCUT2D eigenvalue weighted by molar-refractivity contribution is -0.139. The molecule has 0 radical (unpaired) electrons. The van der Waals surface area contributed by atoms with Crippen LogP contribution in [-0.4, -0.2) is 11.1 Å². The van der Waals surface area contributed by atoms with E-state index >= 15 is 0 Å². The summed E-state index contributed by atoms with van der Waals surface area (Å²) in [5.41, 5.74) is -0.315. The van der Waals surface area contributed by atoms with Crippen molar-refractivity contribution in [1.29, 1.82) is 0 Å². The van der Waals surface area contributed by atoms with Crippen molar-refractivity contribution in [3.8, 4) is 0 Å². The molecule has 0 saturated carbocycles. The third-order valence-electron chi connectivity index (χ3n) is 2.45. The van der Waals surface area contributed by atoms with Gasteiger partial charge in [0.1, 0.15) is 0 Å². The molecule has 0 bridgehead atoms. The fourth-order valence-corrected chi connectivity index (χ4v) is 1.64. The molecule has 1 rings (SSSR count). The van der Waals surface area contributed by atoms with Crippen LogP contribution in [-0.2, 0) is 4.79 Å². The first-order valence-corrected chi connectivity index (χ1v) is 5.20. The van der Waals surface area contributed by atoms with Crippen molar-refractivity contribution in [1.82, 2.24) is 0 Å². The third kappa shape index (κ3) is 2.99. The Bertz CT molecular complexity index is 430. The van der Waals surface area contributed by atoms with Crippen molar-refractivity contribution in [2.45, 2.75) is 26.2 Å². The van der Waals surface area contributed by atoms with Crippen molar-refractivity contribution < 1.29 is 23.1 Å². The van der Waals surface area contributed by atoms with E-state index in [0.29, 0.717) is 0 Å². The number of aliphatic carboxylic acids is 1. The second-order valence-corrected chi connectivity index (χ2v) is 4.28. The van der Waals surface area contributed by atoms with Gasteiger partial charge in [0.15, 0.2) is 17.5 Å². The van der Waals surface area contributed by atoms with Crippen LogP contribution in [0.25, 0.3) is 0 Å². The maximum Gasteiger partial charge on any atom is 0.311 e. The Morgan fingerprint density at radius 2 is 1.82 bits per heavy atom. The smallest absolute Gasteiger partial charge is 0.311 e. The summed E-state index contributed by atoms with van der Waals surface area (Å²) in [7, 11) is 0.